The molecule has 1 amide bonds. The first-order chi connectivity index (χ1) is 8.98. The Kier molecular flexibility index (Phi) is 6.79. The molecule has 0 spiro atoms. The van der Waals surface area contributed by atoms with Gasteiger partial charge >= 0.3 is 0 Å². The largest absolute Gasteiger partial charge is 0.356 e. The zero-order valence-corrected chi connectivity index (χ0v) is 12.8. The molecule has 0 aromatic heterocycles. The first kappa shape index (κ1) is 16.4. The Morgan fingerprint density at radius 2 is 2.11 bits per heavy atom. The molecule has 1 saturated heterocycles. The Morgan fingerprint density at radius 1 is 1.37 bits per heavy atom. The smallest absolute Gasteiger partial charge is 0.221 e. The highest BCUT2D eigenvalue weighted by Crippen LogP contribution is 2.17. The molecule has 1 aliphatic rings. The summed E-state index contributed by atoms with van der Waals surface area (Å²) in [4.78, 5) is 13.7. The molecule has 0 aromatic rings. The number of nitrogens with one attached hydrogen (secondary N) is 1. The maximum Gasteiger partial charge on any atom is 0.221 e. The number of sulfone groups is 1. The summed E-state index contributed by atoms with van der Waals surface area (Å²) >= 11 is 0. The number of carbonyl (C=O) groups excluding carboxylic acids is 1. The summed E-state index contributed by atoms with van der Waals surface area (Å²) in [6.45, 7) is 6.28. The highest BCUT2D eigenvalue weighted by molar-refractivity contribution is 7.91. The van der Waals surface area contributed by atoms with Crippen molar-refractivity contribution in [2.24, 2.45) is 0 Å². The van der Waals surface area contributed by atoms with Crippen LogP contribution in [0.2, 0.25) is 0 Å². The topological polar surface area (TPSA) is 66.5 Å². The van der Waals surface area contributed by atoms with Gasteiger partial charge in [-0.05, 0) is 19.4 Å². The number of unbranched alkanes of at least 4 members (excludes halogenated alkanes) is 1. The highest BCUT2D eigenvalue weighted by atomic mass is 32.2. The third-order valence-electron chi connectivity index (χ3n) is 3.61. The van der Waals surface area contributed by atoms with Crippen molar-refractivity contribution < 1.29 is 13.2 Å². The second-order valence-corrected chi connectivity index (χ2v) is 7.37. The molecule has 1 heterocycles. The van der Waals surface area contributed by atoms with Crippen molar-refractivity contribution in [1.29, 1.82) is 0 Å². The van der Waals surface area contributed by atoms with E-state index in [9.17, 15) is 13.2 Å². The van der Waals surface area contributed by atoms with Crippen molar-refractivity contribution in [2.75, 3.05) is 31.1 Å². The van der Waals surface area contributed by atoms with Crippen molar-refractivity contribution >= 4 is 15.7 Å². The van der Waals surface area contributed by atoms with Gasteiger partial charge in [0, 0.05) is 25.6 Å². The average Bonchev–Trinajstić information content (AvgIpc) is 2.71. The molecule has 5 nitrogen and oxygen atoms in total. The predicted molar refractivity (Wildman–Crippen MR) is 76.8 cm³/mol. The van der Waals surface area contributed by atoms with Gasteiger partial charge in [-0.15, -0.1) is 0 Å². The van der Waals surface area contributed by atoms with E-state index in [1.165, 1.54) is 0 Å². The van der Waals surface area contributed by atoms with Crippen molar-refractivity contribution in [3.8, 4) is 0 Å². The minimum Gasteiger partial charge on any atom is -0.356 e. The quantitative estimate of drug-likeness (QED) is 0.672. The van der Waals surface area contributed by atoms with Gasteiger partial charge in [-0.2, -0.15) is 0 Å². The van der Waals surface area contributed by atoms with E-state index < -0.39 is 9.84 Å². The summed E-state index contributed by atoms with van der Waals surface area (Å²) in [5.74, 6) is 0.600. The highest BCUT2D eigenvalue weighted by Gasteiger charge is 2.31. The van der Waals surface area contributed by atoms with Crippen LogP contribution in [0.25, 0.3) is 0 Å². The second-order valence-electron chi connectivity index (χ2n) is 5.14. The van der Waals surface area contributed by atoms with Gasteiger partial charge in [0.05, 0.1) is 11.5 Å². The SMILES string of the molecule is CCCCNC(=O)CCN(CC)C1CCS(=O)(=O)C1. The van der Waals surface area contributed by atoms with Crippen LogP contribution < -0.4 is 5.32 Å². The van der Waals surface area contributed by atoms with Gasteiger partial charge in [0.1, 0.15) is 0 Å². The van der Waals surface area contributed by atoms with E-state index in [4.69, 9.17) is 0 Å². The molecule has 0 saturated carbocycles. The summed E-state index contributed by atoms with van der Waals surface area (Å²) in [5, 5.41) is 2.89. The normalized spacial score (nSPS) is 21.7. The fourth-order valence-electron chi connectivity index (χ4n) is 2.40. The van der Waals surface area contributed by atoms with Crippen LogP contribution in [-0.4, -0.2) is 56.4 Å². The van der Waals surface area contributed by atoms with Crippen LogP contribution in [0, 0.1) is 0 Å². The van der Waals surface area contributed by atoms with Crippen LogP contribution in [0.1, 0.15) is 39.5 Å². The van der Waals surface area contributed by atoms with Crippen molar-refractivity contribution in [2.45, 2.75) is 45.6 Å². The van der Waals surface area contributed by atoms with E-state index >= 15 is 0 Å². The lowest BCUT2D eigenvalue weighted by molar-refractivity contribution is -0.121. The lowest BCUT2D eigenvalue weighted by Gasteiger charge is -2.26. The van der Waals surface area contributed by atoms with E-state index in [1.807, 2.05) is 6.92 Å². The fraction of sp³-hybridized carbons (Fsp3) is 0.923. The minimum absolute atomic E-state index is 0.0627. The van der Waals surface area contributed by atoms with Gasteiger partial charge < -0.3 is 5.32 Å². The summed E-state index contributed by atoms with van der Waals surface area (Å²) < 4.78 is 22.9. The predicted octanol–water partition coefficient (Wildman–Crippen LogP) is 0.802. The van der Waals surface area contributed by atoms with Crippen LogP contribution in [0.3, 0.4) is 0 Å². The summed E-state index contributed by atoms with van der Waals surface area (Å²) in [7, 11) is -2.85. The second kappa shape index (κ2) is 7.85. The molecule has 1 atom stereocenters. The Morgan fingerprint density at radius 3 is 2.63 bits per heavy atom. The molecule has 0 radical (unpaired) electrons. The molecule has 1 fully saturated rings. The van der Waals surface area contributed by atoms with Gasteiger partial charge in [0.2, 0.25) is 5.91 Å². The minimum atomic E-state index is -2.85. The molecule has 0 bridgehead atoms. The average molecular weight is 290 g/mol. The first-order valence-electron chi connectivity index (χ1n) is 7.19. The van der Waals surface area contributed by atoms with E-state index in [1.54, 1.807) is 0 Å². The molecule has 0 aromatic carbocycles. The number of hydrogen-bond acceptors (Lipinski definition) is 4. The number of hydrogen-bond donors (Lipinski definition) is 1. The fourth-order valence-corrected chi connectivity index (χ4v) is 4.16. The molecule has 1 N–H and O–H groups in total. The monoisotopic (exact) mass is 290 g/mol. The van der Waals surface area contributed by atoms with Crippen LogP contribution in [0.15, 0.2) is 0 Å². The zero-order chi connectivity index (χ0) is 14.3. The van der Waals surface area contributed by atoms with Crippen molar-refractivity contribution in [3.63, 3.8) is 0 Å². The molecule has 112 valence electrons. The lowest BCUT2D eigenvalue weighted by atomic mass is 10.2. The van der Waals surface area contributed by atoms with Gasteiger partial charge in [-0.3, -0.25) is 9.69 Å². The Labute approximate surface area is 116 Å². The Hall–Kier alpha value is -0.620. The van der Waals surface area contributed by atoms with Crippen molar-refractivity contribution in [3.05, 3.63) is 0 Å². The van der Waals surface area contributed by atoms with Gasteiger partial charge in [0.15, 0.2) is 9.84 Å². The van der Waals surface area contributed by atoms with Gasteiger partial charge in [0.25, 0.3) is 0 Å². The number of rotatable bonds is 8. The van der Waals surface area contributed by atoms with Crippen LogP contribution in [0.5, 0.6) is 0 Å². The third kappa shape index (κ3) is 5.91. The maximum absolute atomic E-state index is 11.6. The van der Waals surface area contributed by atoms with Crippen LogP contribution in [0.4, 0.5) is 0 Å². The first-order valence-corrected chi connectivity index (χ1v) is 9.01. The standard InChI is InChI=1S/C13H26N2O3S/c1-3-5-8-14-13(16)6-9-15(4-2)12-7-10-19(17,18)11-12/h12H,3-11H2,1-2H3,(H,14,16). The Bertz CT molecular complexity index is 381. The molecule has 1 unspecified atom stereocenters. The molecular formula is C13H26N2O3S. The zero-order valence-electron chi connectivity index (χ0n) is 12.0. The summed E-state index contributed by atoms with van der Waals surface area (Å²) in [5.41, 5.74) is 0. The number of carbonyl (C=O) groups is 1. The van der Waals surface area contributed by atoms with Gasteiger partial charge in [-0.1, -0.05) is 20.3 Å². The van der Waals surface area contributed by atoms with Crippen LogP contribution >= 0.6 is 0 Å². The summed E-state index contributed by atoms with van der Waals surface area (Å²) in [6, 6.07) is 0.0958. The molecule has 0 aliphatic carbocycles. The molecule has 1 aliphatic heterocycles. The van der Waals surface area contributed by atoms with E-state index in [0.29, 0.717) is 19.4 Å². The number of amides is 1. The number of nitrogens with zero attached hydrogens (tertiary/aromatic N) is 1. The molecule has 6 heteroatoms. The van der Waals surface area contributed by atoms with Crippen molar-refractivity contribution in [1.82, 2.24) is 10.2 Å². The molecular weight excluding hydrogens is 264 g/mol. The molecule has 19 heavy (non-hydrogen) atoms. The Balaban J connectivity index is 2.31. The van der Waals surface area contributed by atoms with Gasteiger partial charge in [-0.25, -0.2) is 8.42 Å². The molecule has 1 rings (SSSR count). The van der Waals surface area contributed by atoms with E-state index in [2.05, 4.69) is 17.1 Å². The summed E-state index contributed by atoms with van der Waals surface area (Å²) in [6.07, 6.45) is 3.23. The van der Waals surface area contributed by atoms with E-state index in [0.717, 1.165) is 25.9 Å². The van der Waals surface area contributed by atoms with E-state index in [-0.39, 0.29) is 23.5 Å². The maximum atomic E-state index is 11.6. The lowest BCUT2D eigenvalue weighted by Crippen LogP contribution is -2.39. The third-order valence-corrected chi connectivity index (χ3v) is 5.36. The van der Waals surface area contributed by atoms with Crippen LogP contribution in [-0.2, 0) is 14.6 Å².